The zero-order chi connectivity index (χ0) is 13.5. The van der Waals surface area contributed by atoms with Crippen LogP contribution in [0, 0.1) is 4.91 Å². The first kappa shape index (κ1) is 18.4. The molecule has 0 bridgehead atoms. The van der Waals surface area contributed by atoms with Crippen LogP contribution in [0.25, 0.3) is 0 Å². The van der Waals surface area contributed by atoms with E-state index in [2.05, 4.69) is 28.2 Å². The highest BCUT2D eigenvalue weighted by Gasteiger charge is 2.05. The number of rotatable bonds is 9. The Balaban J connectivity index is 0. The molecule has 0 aromatic carbocycles. The highest BCUT2D eigenvalue weighted by molar-refractivity contribution is 7.32. The Morgan fingerprint density at radius 1 is 1.47 bits per heavy atom. The van der Waals surface area contributed by atoms with Crippen LogP contribution in [0.15, 0.2) is 18.2 Å². The molecule has 6 nitrogen and oxygen atoms in total. The van der Waals surface area contributed by atoms with E-state index in [1.165, 1.54) is 19.3 Å². The number of hydrogen-bond donors (Lipinski definition) is 1. The fraction of sp³-hybridized carbons (Fsp3) is 0.800. The maximum atomic E-state index is 9.63. The molecule has 0 fully saturated rings. The van der Waals surface area contributed by atoms with Gasteiger partial charge in [-0.2, -0.15) is 0 Å². The Kier molecular flexibility index (Phi) is 16.2. The van der Waals surface area contributed by atoms with Crippen molar-refractivity contribution in [2.45, 2.75) is 52.1 Å². The van der Waals surface area contributed by atoms with Crippen LogP contribution in [0.3, 0.4) is 0 Å². The van der Waals surface area contributed by atoms with Crippen LogP contribution < -0.4 is 0 Å². The predicted octanol–water partition coefficient (Wildman–Crippen LogP) is 3.84. The van der Waals surface area contributed by atoms with Crippen LogP contribution in [0.1, 0.15) is 46.0 Å². The summed E-state index contributed by atoms with van der Waals surface area (Å²) in [7, 11) is -2.47. The summed E-state index contributed by atoms with van der Waals surface area (Å²) in [5, 5.41) is 2.38. The lowest BCUT2D eigenvalue weighted by Gasteiger charge is -2.05. The van der Waals surface area contributed by atoms with Crippen LogP contribution in [0.2, 0.25) is 0 Å². The molecule has 0 radical (unpaired) electrons. The molecular formula is C10H21NO5P+. The smallest absolute Gasteiger partial charge is 0.361 e. The van der Waals surface area contributed by atoms with Crippen molar-refractivity contribution >= 4 is 8.25 Å². The van der Waals surface area contributed by atoms with Gasteiger partial charge in [0, 0.05) is 4.57 Å². The van der Waals surface area contributed by atoms with Crippen LogP contribution in [-0.4, -0.2) is 11.0 Å². The van der Waals surface area contributed by atoms with Gasteiger partial charge in [0.15, 0.2) is 5.34 Å². The van der Waals surface area contributed by atoms with Crippen molar-refractivity contribution in [3.63, 3.8) is 0 Å². The van der Waals surface area contributed by atoms with Gasteiger partial charge in [-0.15, -0.1) is 9.80 Å². The lowest BCUT2D eigenvalue weighted by Crippen LogP contribution is -2.02. The third-order valence-electron chi connectivity index (χ3n) is 1.85. The highest BCUT2D eigenvalue weighted by Crippen LogP contribution is 2.12. The van der Waals surface area contributed by atoms with E-state index in [0.29, 0.717) is 0 Å². The molecule has 0 saturated heterocycles. The molecule has 17 heavy (non-hydrogen) atoms. The summed E-state index contributed by atoms with van der Waals surface area (Å²) in [6.07, 6.45) is 6.70. The van der Waals surface area contributed by atoms with Gasteiger partial charge in [-0.05, 0) is 19.8 Å². The zero-order valence-electron chi connectivity index (χ0n) is 10.4. The molecule has 0 aliphatic carbocycles. The van der Waals surface area contributed by atoms with Crippen LogP contribution in [0.4, 0.5) is 0 Å². The van der Waals surface area contributed by atoms with Gasteiger partial charge in [-0.25, -0.2) is 4.52 Å². The molecule has 0 aliphatic heterocycles. The van der Waals surface area contributed by atoms with E-state index in [1.54, 1.807) is 0 Å². The van der Waals surface area contributed by atoms with Crippen molar-refractivity contribution in [1.29, 1.82) is 0 Å². The predicted molar refractivity (Wildman–Crippen MR) is 66.2 cm³/mol. The normalized spacial score (nSPS) is 11.6. The Bertz CT molecular complexity index is 213. The maximum Gasteiger partial charge on any atom is 0.746 e. The van der Waals surface area contributed by atoms with Crippen molar-refractivity contribution in [3.05, 3.63) is 17.7 Å². The first-order valence-corrected chi connectivity index (χ1v) is 6.63. The summed E-state index contributed by atoms with van der Waals surface area (Å²) < 4.78 is 13.3. The van der Waals surface area contributed by atoms with Gasteiger partial charge in [-0.3, -0.25) is 0 Å². The fourth-order valence-corrected chi connectivity index (χ4v) is 1.18. The SMILES string of the molecule is C=CO[P+](=O)O.CCCCCCC(C)ON=O. The zero-order valence-corrected chi connectivity index (χ0v) is 11.3. The molecule has 1 N–H and O–H groups in total. The van der Waals surface area contributed by atoms with Crippen molar-refractivity contribution < 1.29 is 18.8 Å². The Hall–Kier alpha value is -1.00. The summed E-state index contributed by atoms with van der Waals surface area (Å²) >= 11 is 0. The van der Waals surface area contributed by atoms with E-state index >= 15 is 0 Å². The third kappa shape index (κ3) is 21.0. The van der Waals surface area contributed by atoms with Crippen LogP contribution >= 0.6 is 8.25 Å². The van der Waals surface area contributed by atoms with E-state index in [-0.39, 0.29) is 6.10 Å². The molecule has 0 aliphatic rings. The Labute approximate surface area is 103 Å². The molecule has 7 heteroatoms. The third-order valence-corrected chi connectivity index (χ3v) is 2.18. The molecule has 0 aromatic rings. The largest absolute Gasteiger partial charge is 0.746 e. The first-order chi connectivity index (χ1) is 8.08. The van der Waals surface area contributed by atoms with Crippen molar-refractivity contribution in [3.8, 4) is 0 Å². The maximum absolute atomic E-state index is 9.63. The van der Waals surface area contributed by atoms with E-state index in [4.69, 9.17) is 4.89 Å². The minimum atomic E-state index is -2.47. The lowest BCUT2D eigenvalue weighted by molar-refractivity contribution is 0.0607. The van der Waals surface area contributed by atoms with Crippen molar-refractivity contribution in [1.82, 2.24) is 0 Å². The molecular weight excluding hydrogens is 245 g/mol. The average Bonchev–Trinajstić information content (AvgIpc) is 2.25. The van der Waals surface area contributed by atoms with Crippen molar-refractivity contribution in [2.75, 3.05) is 0 Å². The van der Waals surface area contributed by atoms with Gasteiger partial charge in [0.05, 0.1) is 0 Å². The number of unbranched alkanes of at least 4 members (excludes halogenated alkanes) is 3. The summed E-state index contributed by atoms with van der Waals surface area (Å²) in [6.45, 7) is 7.08. The molecule has 100 valence electrons. The topological polar surface area (TPSA) is 85.2 Å². The fourth-order valence-electron chi connectivity index (χ4n) is 1.05. The summed E-state index contributed by atoms with van der Waals surface area (Å²) in [5.74, 6) is 0. The highest BCUT2D eigenvalue weighted by atomic mass is 31.1. The summed E-state index contributed by atoms with van der Waals surface area (Å²) in [5.41, 5.74) is 0. The van der Waals surface area contributed by atoms with E-state index < -0.39 is 8.25 Å². The van der Waals surface area contributed by atoms with E-state index in [9.17, 15) is 9.47 Å². The van der Waals surface area contributed by atoms with Gasteiger partial charge in [-0.1, -0.05) is 32.8 Å². The first-order valence-electron chi connectivity index (χ1n) is 5.50. The number of nitrogens with zero attached hydrogens (tertiary/aromatic N) is 1. The standard InChI is InChI=1S/C8H17NO2.C2H3O3P/c1-3-4-5-6-7-8(2)11-9-10;1-2-5-6(3)4/h8H,3-7H2,1-2H3;2H,1H2/p+1. The van der Waals surface area contributed by atoms with Gasteiger partial charge in [0.25, 0.3) is 0 Å². The van der Waals surface area contributed by atoms with Crippen LogP contribution in [0.5, 0.6) is 0 Å². The van der Waals surface area contributed by atoms with E-state index in [0.717, 1.165) is 19.1 Å². The quantitative estimate of drug-likeness (QED) is 0.225. The molecule has 0 amide bonds. The average molecular weight is 266 g/mol. The second kappa shape index (κ2) is 15.0. The van der Waals surface area contributed by atoms with Crippen molar-refractivity contribution in [2.24, 2.45) is 5.34 Å². The number of hydrogen-bond acceptors (Lipinski definition) is 5. The van der Waals surface area contributed by atoms with Gasteiger partial charge in [0.2, 0.25) is 0 Å². The molecule has 2 unspecified atom stereocenters. The molecule has 0 aromatic heterocycles. The van der Waals surface area contributed by atoms with Crippen LogP contribution in [-0.2, 0) is 13.9 Å². The minimum absolute atomic E-state index is 0.00986. The molecule has 0 spiro atoms. The lowest BCUT2D eigenvalue weighted by atomic mass is 10.1. The summed E-state index contributed by atoms with van der Waals surface area (Å²) in [6, 6.07) is 0. The Morgan fingerprint density at radius 3 is 2.47 bits per heavy atom. The molecule has 2 atom stereocenters. The minimum Gasteiger partial charge on any atom is -0.361 e. The summed E-state index contributed by atoms with van der Waals surface area (Å²) in [4.78, 5) is 21.9. The molecule has 0 heterocycles. The second-order valence-corrected chi connectivity index (χ2v) is 4.04. The van der Waals surface area contributed by atoms with Gasteiger partial charge in [0.1, 0.15) is 12.4 Å². The molecule has 0 saturated carbocycles. The second-order valence-electron chi connectivity index (χ2n) is 3.35. The molecule has 0 rings (SSSR count). The van der Waals surface area contributed by atoms with Gasteiger partial charge < -0.3 is 4.84 Å². The Morgan fingerprint density at radius 2 is 2.12 bits per heavy atom. The monoisotopic (exact) mass is 266 g/mol. The van der Waals surface area contributed by atoms with E-state index in [1.807, 2.05) is 6.92 Å². The van der Waals surface area contributed by atoms with Gasteiger partial charge >= 0.3 is 8.25 Å².